The number of benzene rings is 2. The molecule has 4 atom stereocenters. The van der Waals surface area contributed by atoms with Crippen molar-refractivity contribution in [1.29, 1.82) is 0 Å². The fraction of sp³-hybridized carbons (Fsp3) is 0.514. The van der Waals surface area contributed by atoms with E-state index in [1.807, 2.05) is 42.7 Å². The maximum absolute atomic E-state index is 13.0. The molecule has 1 aromatic heterocycles. The van der Waals surface area contributed by atoms with Crippen LogP contribution in [-0.4, -0.2) is 109 Å². The lowest BCUT2D eigenvalue weighted by Crippen LogP contribution is -2.53. The highest BCUT2D eigenvalue weighted by Gasteiger charge is 2.46. The quantitative estimate of drug-likeness (QED) is 0.0633. The summed E-state index contributed by atoms with van der Waals surface area (Å²) in [5.74, 6) is 0.747. The number of amides is 1. The van der Waals surface area contributed by atoms with E-state index < -0.39 is 36.9 Å². The number of pyridine rings is 1. The van der Waals surface area contributed by atoms with E-state index in [4.69, 9.17) is 21.4 Å². The van der Waals surface area contributed by atoms with Gasteiger partial charge < -0.3 is 45.6 Å². The van der Waals surface area contributed by atoms with Crippen molar-refractivity contribution in [3.63, 3.8) is 0 Å². The minimum absolute atomic E-state index is 0.0496. The topological polar surface area (TPSA) is 176 Å². The van der Waals surface area contributed by atoms with Crippen molar-refractivity contribution < 1.29 is 40.2 Å². The fourth-order valence-electron chi connectivity index (χ4n) is 5.92. The van der Waals surface area contributed by atoms with E-state index in [0.29, 0.717) is 42.7 Å². The number of nitrogens with one attached hydrogen (secondary N) is 1. The van der Waals surface area contributed by atoms with Gasteiger partial charge in [0.25, 0.3) is 5.91 Å². The first-order valence-corrected chi connectivity index (χ1v) is 18.6. The lowest BCUT2D eigenvalue weighted by atomic mass is 9.94. The Kier molecular flexibility index (Phi) is 13.9. The molecule has 3 aromatic rings. The van der Waals surface area contributed by atoms with Crippen molar-refractivity contribution >= 4 is 29.3 Å². The predicted octanol–water partition coefficient (Wildman–Crippen LogP) is 3.24. The number of nitrogens with zero attached hydrogens (tertiary/aromatic N) is 2. The Hall–Kier alpha value is -2.78. The molecule has 11 nitrogen and oxygen atoms in total. The molecule has 0 bridgehead atoms. The molecule has 2 aliphatic carbocycles. The summed E-state index contributed by atoms with van der Waals surface area (Å²) in [5, 5.41) is 63.0. The van der Waals surface area contributed by atoms with E-state index in [1.165, 1.54) is 4.90 Å². The maximum atomic E-state index is 13.0. The molecule has 0 saturated heterocycles. The van der Waals surface area contributed by atoms with Crippen LogP contribution in [0.3, 0.4) is 0 Å². The number of carbonyl (C=O) groups excluding carboxylic acids is 1. The van der Waals surface area contributed by atoms with Gasteiger partial charge in [-0.1, -0.05) is 29.8 Å². The van der Waals surface area contributed by atoms with Crippen molar-refractivity contribution in [1.82, 2.24) is 15.2 Å². The number of rotatable bonds is 21. The standard InChI is InChI=1S/C37H48ClN3O8S/c38-30-11-10-26(50-19-5-17-41(16-3-4-18-42)36(48)35(47)34(46)33(45)31(44)23-43)20-24(30)21-40-37(13-14-37)29-22-39-15-12-27(29)28-6-1-2-7-32(28)49-25-8-9-25/h1-2,6-7,10-12,15,20,22,25,31,33-35,40,42-47H,3-5,8-9,13-14,16-19,21,23H2/t31-,33+,34-,35-/m0/s1. The summed E-state index contributed by atoms with van der Waals surface area (Å²) in [6, 6.07) is 16.2. The zero-order valence-corrected chi connectivity index (χ0v) is 29.6. The van der Waals surface area contributed by atoms with Crippen LogP contribution < -0.4 is 10.1 Å². The Morgan fingerprint density at radius 3 is 2.48 bits per heavy atom. The number of ether oxygens (including phenoxy) is 1. The normalized spacial score (nSPS) is 17.5. The summed E-state index contributed by atoms with van der Waals surface area (Å²) in [6.07, 6.45) is 2.14. The number of unbranched alkanes of at least 4 members (excludes halogenated alkanes) is 1. The molecule has 0 unspecified atom stereocenters. The molecule has 0 aliphatic heterocycles. The van der Waals surface area contributed by atoms with Gasteiger partial charge in [-0.05, 0) is 97.7 Å². The van der Waals surface area contributed by atoms with Gasteiger partial charge in [0.15, 0.2) is 6.10 Å². The Morgan fingerprint density at radius 2 is 1.76 bits per heavy atom. The van der Waals surface area contributed by atoms with E-state index in [0.717, 1.165) is 58.6 Å². The zero-order chi connectivity index (χ0) is 35.7. The van der Waals surface area contributed by atoms with Crippen LogP contribution in [0.1, 0.15) is 56.1 Å². The van der Waals surface area contributed by atoms with E-state index in [-0.39, 0.29) is 25.2 Å². The van der Waals surface area contributed by atoms with Crippen molar-refractivity contribution in [2.75, 3.05) is 32.1 Å². The first kappa shape index (κ1) is 38.5. The van der Waals surface area contributed by atoms with E-state index in [2.05, 4.69) is 28.5 Å². The summed E-state index contributed by atoms with van der Waals surface area (Å²) < 4.78 is 6.25. The molecule has 1 heterocycles. The SMILES string of the molecule is O=C([C@@H](O)[C@@H](O)[C@H](O)[C@@H](O)CO)N(CCCCO)CCCSc1ccc(Cl)c(CNC2(c3cnccc3-c3ccccc3OC3CC3)CC2)c1. The fourth-order valence-corrected chi connectivity index (χ4v) is 7.01. The van der Waals surface area contributed by atoms with Crippen molar-refractivity contribution in [3.05, 3.63) is 77.1 Å². The van der Waals surface area contributed by atoms with Crippen molar-refractivity contribution in [3.8, 4) is 16.9 Å². The zero-order valence-electron chi connectivity index (χ0n) is 28.0. The van der Waals surface area contributed by atoms with Gasteiger partial charge in [0, 0.05) is 59.7 Å². The van der Waals surface area contributed by atoms with Gasteiger partial charge in [0.05, 0.1) is 12.7 Å². The molecule has 5 rings (SSSR count). The number of hydrogen-bond acceptors (Lipinski definition) is 11. The summed E-state index contributed by atoms with van der Waals surface area (Å²) >= 11 is 8.27. The number of aliphatic hydroxyl groups excluding tert-OH is 6. The number of hydrogen-bond donors (Lipinski definition) is 7. The highest BCUT2D eigenvalue weighted by atomic mass is 35.5. The van der Waals surface area contributed by atoms with Gasteiger partial charge in [-0.15, -0.1) is 11.8 Å². The molecule has 2 saturated carbocycles. The average molecular weight is 730 g/mol. The second-order valence-corrected chi connectivity index (χ2v) is 14.6. The first-order valence-electron chi connectivity index (χ1n) is 17.3. The highest BCUT2D eigenvalue weighted by molar-refractivity contribution is 7.99. The van der Waals surface area contributed by atoms with Crippen LogP contribution in [0.4, 0.5) is 0 Å². The molecule has 2 fully saturated rings. The second-order valence-electron chi connectivity index (χ2n) is 13.1. The van der Waals surface area contributed by atoms with Crippen LogP contribution in [0.5, 0.6) is 5.75 Å². The predicted molar refractivity (Wildman–Crippen MR) is 192 cm³/mol. The van der Waals surface area contributed by atoms with Crippen molar-refractivity contribution in [2.45, 2.75) is 92.4 Å². The number of thioether (sulfide) groups is 1. The summed E-state index contributed by atoms with van der Waals surface area (Å²) in [5.41, 5.74) is 4.06. The largest absolute Gasteiger partial charge is 0.490 e. The summed E-state index contributed by atoms with van der Waals surface area (Å²) in [4.78, 5) is 19.9. The van der Waals surface area contributed by atoms with Crippen molar-refractivity contribution in [2.24, 2.45) is 0 Å². The van der Waals surface area contributed by atoms with Crippen LogP contribution in [0.2, 0.25) is 5.02 Å². The number of aromatic nitrogens is 1. The third kappa shape index (κ3) is 9.96. The Labute approximate surface area is 302 Å². The molecule has 272 valence electrons. The van der Waals surface area contributed by atoms with Crippen LogP contribution in [0.25, 0.3) is 11.1 Å². The Morgan fingerprint density at radius 1 is 1.00 bits per heavy atom. The van der Waals surface area contributed by atoms with Gasteiger partial charge in [-0.25, -0.2) is 0 Å². The van der Waals surface area contributed by atoms with Crippen LogP contribution in [0.15, 0.2) is 65.8 Å². The number of para-hydroxylation sites is 1. The van der Waals surface area contributed by atoms with Gasteiger partial charge in [-0.3, -0.25) is 9.78 Å². The third-order valence-corrected chi connectivity index (χ3v) is 10.7. The minimum Gasteiger partial charge on any atom is -0.490 e. The van der Waals surface area contributed by atoms with E-state index in [1.54, 1.807) is 11.8 Å². The number of carbonyl (C=O) groups is 1. The molecule has 2 aromatic carbocycles. The molecule has 1 amide bonds. The highest BCUT2D eigenvalue weighted by Crippen LogP contribution is 2.50. The lowest BCUT2D eigenvalue weighted by molar-refractivity contribution is -0.158. The third-order valence-electron chi connectivity index (χ3n) is 9.21. The first-order chi connectivity index (χ1) is 24.2. The number of aliphatic hydroxyl groups is 6. The number of halogens is 1. The van der Waals surface area contributed by atoms with Crippen LogP contribution >= 0.6 is 23.4 Å². The summed E-state index contributed by atoms with van der Waals surface area (Å²) in [6.45, 7) is 0.184. The molecule has 50 heavy (non-hydrogen) atoms. The lowest BCUT2D eigenvalue weighted by Gasteiger charge is -2.30. The molecule has 13 heteroatoms. The maximum Gasteiger partial charge on any atom is 0.254 e. The van der Waals surface area contributed by atoms with Gasteiger partial charge in [-0.2, -0.15) is 0 Å². The Bertz CT molecular complexity index is 1560. The van der Waals surface area contributed by atoms with Gasteiger partial charge in [0.2, 0.25) is 0 Å². The molecular weight excluding hydrogens is 682 g/mol. The second kappa shape index (κ2) is 18.1. The molecule has 7 N–H and O–H groups in total. The Balaban J connectivity index is 1.19. The van der Waals surface area contributed by atoms with E-state index >= 15 is 0 Å². The van der Waals surface area contributed by atoms with Crippen LogP contribution in [-0.2, 0) is 16.9 Å². The monoisotopic (exact) mass is 729 g/mol. The van der Waals surface area contributed by atoms with E-state index in [9.17, 15) is 30.3 Å². The molecule has 0 spiro atoms. The smallest absolute Gasteiger partial charge is 0.254 e. The average Bonchev–Trinajstić information content (AvgIpc) is 4.09. The summed E-state index contributed by atoms with van der Waals surface area (Å²) in [7, 11) is 0. The molecule has 2 aliphatic rings. The molecule has 0 radical (unpaired) electrons. The van der Waals surface area contributed by atoms with Gasteiger partial charge in [0.1, 0.15) is 24.1 Å². The minimum atomic E-state index is -1.98. The van der Waals surface area contributed by atoms with Gasteiger partial charge >= 0.3 is 0 Å². The molecular formula is C37H48ClN3O8S. The van der Waals surface area contributed by atoms with Crippen LogP contribution in [0, 0.1) is 0 Å².